The minimum Gasteiger partial charge on any atom is -0.365 e. The number of likely N-dealkylation sites (N-methyl/N-ethyl adjacent to an activating group) is 1. The molecule has 1 unspecified atom stereocenters. The van der Waals surface area contributed by atoms with E-state index in [0.717, 1.165) is 13.0 Å². The van der Waals surface area contributed by atoms with Gasteiger partial charge in [0.2, 0.25) is 0 Å². The van der Waals surface area contributed by atoms with Crippen LogP contribution in [0.25, 0.3) is 0 Å². The topological polar surface area (TPSA) is 29.3 Å². The Labute approximate surface area is 90.9 Å². The van der Waals surface area contributed by atoms with Crippen LogP contribution < -0.4 is 10.6 Å². The minimum atomic E-state index is -0.175. The summed E-state index contributed by atoms with van der Waals surface area (Å²) in [6, 6.07) is 7.06. The predicted molar refractivity (Wildman–Crippen MR) is 62.6 cm³/mol. The molecule has 3 heteroatoms. The Balaban J connectivity index is 2.96. The standard InChI is InChI=1S/C12H19FN2/c1-3-10(9-14)15(4-2)12-8-6-5-7-11(12)13/h5-8,10H,3-4,9,14H2,1-2H3. The van der Waals surface area contributed by atoms with Gasteiger partial charge in [-0.1, -0.05) is 19.1 Å². The van der Waals surface area contributed by atoms with Gasteiger partial charge in [-0.25, -0.2) is 4.39 Å². The van der Waals surface area contributed by atoms with Crippen molar-refractivity contribution in [3.63, 3.8) is 0 Å². The molecule has 0 heterocycles. The van der Waals surface area contributed by atoms with Crippen LogP contribution in [0.5, 0.6) is 0 Å². The van der Waals surface area contributed by atoms with Crippen LogP contribution in [0.2, 0.25) is 0 Å². The molecule has 84 valence electrons. The lowest BCUT2D eigenvalue weighted by atomic mass is 10.1. The molecule has 0 aliphatic rings. The molecule has 0 spiro atoms. The van der Waals surface area contributed by atoms with Gasteiger partial charge in [-0.05, 0) is 25.5 Å². The van der Waals surface area contributed by atoms with E-state index in [1.54, 1.807) is 12.1 Å². The Morgan fingerprint density at radius 3 is 2.47 bits per heavy atom. The lowest BCUT2D eigenvalue weighted by Crippen LogP contribution is -2.40. The van der Waals surface area contributed by atoms with Crippen molar-refractivity contribution in [2.75, 3.05) is 18.0 Å². The third-order valence-electron chi connectivity index (χ3n) is 2.69. The molecule has 0 aliphatic heterocycles. The maximum atomic E-state index is 13.6. The molecule has 2 nitrogen and oxygen atoms in total. The summed E-state index contributed by atoms with van der Waals surface area (Å²) in [7, 11) is 0. The van der Waals surface area contributed by atoms with E-state index in [-0.39, 0.29) is 11.9 Å². The van der Waals surface area contributed by atoms with Crippen molar-refractivity contribution in [3.8, 4) is 0 Å². The second-order valence-corrected chi connectivity index (χ2v) is 3.54. The van der Waals surface area contributed by atoms with Gasteiger partial charge in [0.05, 0.1) is 5.69 Å². The van der Waals surface area contributed by atoms with Crippen molar-refractivity contribution < 1.29 is 4.39 Å². The van der Waals surface area contributed by atoms with Gasteiger partial charge in [0.15, 0.2) is 0 Å². The van der Waals surface area contributed by atoms with Crippen molar-refractivity contribution in [1.29, 1.82) is 0 Å². The number of benzene rings is 1. The zero-order chi connectivity index (χ0) is 11.3. The number of hydrogen-bond acceptors (Lipinski definition) is 2. The summed E-state index contributed by atoms with van der Waals surface area (Å²) in [5.74, 6) is -0.175. The number of anilines is 1. The van der Waals surface area contributed by atoms with Crippen molar-refractivity contribution in [1.82, 2.24) is 0 Å². The molecule has 0 saturated carbocycles. The van der Waals surface area contributed by atoms with Crippen LogP contribution >= 0.6 is 0 Å². The summed E-state index contributed by atoms with van der Waals surface area (Å²) in [5, 5.41) is 0. The average Bonchev–Trinajstić information content (AvgIpc) is 2.27. The molecular formula is C12H19FN2. The van der Waals surface area contributed by atoms with Gasteiger partial charge in [0.25, 0.3) is 0 Å². The monoisotopic (exact) mass is 210 g/mol. The molecule has 0 fully saturated rings. The van der Waals surface area contributed by atoms with Gasteiger partial charge in [-0.2, -0.15) is 0 Å². The summed E-state index contributed by atoms with van der Waals surface area (Å²) in [6.07, 6.45) is 0.929. The molecule has 1 atom stereocenters. The number of rotatable bonds is 5. The highest BCUT2D eigenvalue weighted by atomic mass is 19.1. The normalized spacial score (nSPS) is 12.5. The molecule has 0 amide bonds. The van der Waals surface area contributed by atoms with E-state index in [1.165, 1.54) is 6.07 Å². The Hall–Kier alpha value is -1.09. The van der Waals surface area contributed by atoms with Crippen molar-refractivity contribution in [2.24, 2.45) is 5.73 Å². The first-order valence-electron chi connectivity index (χ1n) is 5.45. The molecule has 1 rings (SSSR count). The van der Waals surface area contributed by atoms with Crippen molar-refractivity contribution >= 4 is 5.69 Å². The van der Waals surface area contributed by atoms with E-state index in [9.17, 15) is 4.39 Å². The lowest BCUT2D eigenvalue weighted by molar-refractivity contribution is 0.563. The second-order valence-electron chi connectivity index (χ2n) is 3.54. The molecule has 0 radical (unpaired) electrons. The molecule has 1 aromatic rings. The van der Waals surface area contributed by atoms with Crippen LogP contribution in [0.1, 0.15) is 20.3 Å². The summed E-state index contributed by atoms with van der Waals surface area (Å²) in [6.45, 7) is 5.42. The highest BCUT2D eigenvalue weighted by Gasteiger charge is 2.16. The largest absolute Gasteiger partial charge is 0.365 e. The highest BCUT2D eigenvalue weighted by molar-refractivity contribution is 5.48. The molecule has 0 bridgehead atoms. The first-order valence-corrected chi connectivity index (χ1v) is 5.45. The van der Waals surface area contributed by atoms with Crippen LogP contribution in [0.3, 0.4) is 0 Å². The van der Waals surface area contributed by atoms with E-state index in [0.29, 0.717) is 12.2 Å². The fourth-order valence-corrected chi connectivity index (χ4v) is 1.82. The lowest BCUT2D eigenvalue weighted by Gasteiger charge is -2.31. The van der Waals surface area contributed by atoms with Gasteiger partial charge in [0.1, 0.15) is 5.82 Å². The van der Waals surface area contributed by atoms with Crippen LogP contribution in [0.15, 0.2) is 24.3 Å². The van der Waals surface area contributed by atoms with E-state index in [1.807, 2.05) is 17.9 Å². The molecule has 15 heavy (non-hydrogen) atoms. The van der Waals surface area contributed by atoms with E-state index in [4.69, 9.17) is 5.73 Å². The first-order chi connectivity index (χ1) is 7.24. The zero-order valence-electron chi connectivity index (χ0n) is 9.41. The van der Waals surface area contributed by atoms with Gasteiger partial charge in [-0.3, -0.25) is 0 Å². The Bertz CT molecular complexity index is 297. The van der Waals surface area contributed by atoms with Gasteiger partial charge in [0, 0.05) is 19.1 Å². The van der Waals surface area contributed by atoms with Crippen LogP contribution in [-0.4, -0.2) is 19.1 Å². The smallest absolute Gasteiger partial charge is 0.146 e. The van der Waals surface area contributed by atoms with Crippen molar-refractivity contribution in [2.45, 2.75) is 26.3 Å². The van der Waals surface area contributed by atoms with Crippen molar-refractivity contribution in [3.05, 3.63) is 30.1 Å². The average molecular weight is 210 g/mol. The van der Waals surface area contributed by atoms with Crippen LogP contribution in [0.4, 0.5) is 10.1 Å². The number of nitrogens with zero attached hydrogens (tertiary/aromatic N) is 1. The molecule has 1 aromatic carbocycles. The quantitative estimate of drug-likeness (QED) is 0.808. The fourth-order valence-electron chi connectivity index (χ4n) is 1.82. The fraction of sp³-hybridized carbons (Fsp3) is 0.500. The Morgan fingerprint density at radius 1 is 1.33 bits per heavy atom. The molecule has 0 aliphatic carbocycles. The maximum absolute atomic E-state index is 13.6. The predicted octanol–water partition coefficient (Wildman–Crippen LogP) is 2.39. The Kier molecular flexibility index (Phi) is 4.56. The zero-order valence-corrected chi connectivity index (χ0v) is 9.41. The second kappa shape index (κ2) is 5.71. The molecule has 0 aromatic heterocycles. The van der Waals surface area contributed by atoms with Gasteiger partial charge < -0.3 is 10.6 Å². The summed E-state index contributed by atoms with van der Waals surface area (Å²) in [5.41, 5.74) is 6.33. The third kappa shape index (κ3) is 2.69. The first kappa shape index (κ1) is 12.0. The number of para-hydroxylation sites is 1. The third-order valence-corrected chi connectivity index (χ3v) is 2.69. The summed E-state index contributed by atoms with van der Waals surface area (Å²) >= 11 is 0. The maximum Gasteiger partial charge on any atom is 0.146 e. The number of halogens is 1. The van der Waals surface area contributed by atoms with E-state index < -0.39 is 0 Å². The van der Waals surface area contributed by atoms with Crippen LogP contribution in [0, 0.1) is 5.82 Å². The SMILES string of the molecule is CCC(CN)N(CC)c1ccccc1F. The number of hydrogen-bond donors (Lipinski definition) is 1. The molecule has 0 saturated heterocycles. The van der Waals surface area contributed by atoms with Gasteiger partial charge in [-0.15, -0.1) is 0 Å². The molecular weight excluding hydrogens is 191 g/mol. The Morgan fingerprint density at radius 2 is 2.00 bits per heavy atom. The number of nitrogens with two attached hydrogens (primary N) is 1. The highest BCUT2D eigenvalue weighted by Crippen LogP contribution is 2.21. The van der Waals surface area contributed by atoms with E-state index >= 15 is 0 Å². The minimum absolute atomic E-state index is 0.175. The summed E-state index contributed by atoms with van der Waals surface area (Å²) < 4.78 is 13.6. The summed E-state index contributed by atoms with van der Waals surface area (Å²) in [4.78, 5) is 2.02. The van der Waals surface area contributed by atoms with Crippen LogP contribution in [-0.2, 0) is 0 Å². The van der Waals surface area contributed by atoms with Gasteiger partial charge >= 0.3 is 0 Å². The van der Waals surface area contributed by atoms with E-state index in [2.05, 4.69) is 6.92 Å². The molecule has 2 N–H and O–H groups in total.